The Balaban J connectivity index is 1.05. The van der Waals surface area contributed by atoms with Gasteiger partial charge in [0.25, 0.3) is 5.91 Å². The van der Waals surface area contributed by atoms with Crippen molar-refractivity contribution in [1.82, 2.24) is 20.2 Å². The molecule has 2 aromatic heterocycles. The largest absolute Gasteiger partial charge is 0.368 e. The zero-order valence-electron chi connectivity index (χ0n) is 30.4. The number of pyridine rings is 1. The van der Waals surface area contributed by atoms with Crippen molar-refractivity contribution in [2.24, 2.45) is 5.41 Å². The molecule has 2 amide bonds. The molecule has 55 heavy (non-hydrogen) atoms. The van der Waals surface area contributed by atoms with Gasteiger partial charge in [-0.3, -0.25) is 9.59 Å². The Morgan fingerprint density at radius 3 is 2.53 bits per heavy atom. The lowest BCUT2D eigenvalue weighted by atomic mass is 9.79. The number of hydrogen-bond donors (Lipinski definition) is 3. The Morgan fingerprint density at radius 1 is 0.964 bits per heavy atom. The topological polar surface area (TPSA) is 103 Å². The number of rotatable bonds is 7. The van der Waals surface area contributed by atoms with Crippen molar-refractivity contribution in [2.75, 3.05) is 29.9 Å². The van der Waals surface area contributed by atoms with E-state index in [0.29, 0.717) is 46.9 Å². The van der Waals surface area contributed by atoms with Gasteiger partial charge < -0.3 is 30.2 Å². The van der Waals surface area contributed by atoms with E-state index in [1.54, 1.807) is 6.20 Å². The van der Waals surface area contributed by atoms with E-state index in [1.807, 2.05) is 42.5 Å². The van der Waals surface area contributed by atoms with Gasteiger partial charge in [0.2, 0.25) is 5.91 Å². The number of hydrogen-bond acceptors (Lipinski definition) is 6. The van der Waals surface area contributed by atoms with Crippen LogP contribution in [0.1, 0.15) is 77.8 Å². The number of aromatic amines is 1. The number of aromatic nitrogens is 2. The Bertz CT molecular complexity index is 2430. The molecule has 2 saturated heterocycles. The summed E-state index contributed by atoms with van der Waals surface area (Å²) in [7, 11) is 0. The number of nitrogens with one attached hydrogen (secondary N) is 3. The third-order valence-electron chi connectivity index (χ3n) is 12.0. The normalized spacial score (nSPS) is 23.0. The summed E-state index contributed by atoms with van der Waals surface area (Å²) < 4.78 is 5.59. The molecule has 1 aliphatic carbocycles. The number of ether oxygens (including phenoxy) is 1. The first-order valence-corrected chi connectivity index (χ1v) is 19.9. The smallest absolute Gasteiger partial charge is 0.272 e. The SMILES string of the molecule is CC12CC1=CN1C(=C2c2ccccc2)c2c(C(=O)Nc3cccnc3N3CCC(NC(=O)C4CCCO4)CC3)[nH]c3cc(Cl)cc(c23)C1c1ccc(Cl)cc1. The standard InChI is InChI=1S/C44H40Cl2N6O3/c1-44-23-27(44)24-52-39(26-11-13-28(45)14-12-26)31-21-29(46)22-33-35(31)36(40(52)37(44)25-7-3-2-4-8-25)38(49-33)43(54)50-32-9-5-17-47-41(32)51-18-15-30(16-19-51)48-42(53)34-10-6-20-55-34/h2-5,7-9,11-14,17,21-22,24,30,34,39,49H,6,10,15-16,18-20,23H2,1H3,(H,48,53)(H,50,54). The molecular formula is C44H40Cl2N6O3. The Labute approximate surface area is 329 Å². The van der Waals surface area contributed by atoms with Crippen LogP contribution in [0.5, 0.6) is 0 Å². The van der Waals surface area contributed by atoms with Crippen LogP contribution in [-0.2, 0) is 9.53 Å². The van der Waals surface area contributed by atoms with E-state index in [0.717, 1.165) is 71.0 Å². The van der Waals surface area contributed by atoms with E-state index in [-0.39, 0.29) is 35.4 Å². The minimum absolute atomic E-state index is 0.0163. The highest BCUT2D eigenvalue weighted by Gasteiger charge is 2.55. The predicted molar refractivity (Wildman–Crippen MR) is 217 cm³/mol. The van der Waals surface area contributed by atoms with Gasteiger partial charge in [0.05, 0.1) is 17.4 Å². The second-order valence-electron chi connectivity index (χ2n) is 15.5. The molecule has 0 spiro atoms. The van der Waals surface area contributed by atoms with E-state index in [1.165, 1.54) is 11.1 Å². The molecule has 5 aliphatic rings. The number of H-pyrrole nitrogens is 1. The van der Waals surface area contributed by atoms with Crippen LogP contribution in [0.3, 0.4) is 0 Å². The van der Waals surface area contributed by atoms with Crippen LogP contribution in [0.2, 0.25) is 10.0 Å². The summed E-state index contributed by atoms with van der Waals surface area (Å²) in [5.74, 6) is 0.428. The van der Waals surface area contributed by atoms with Gasteiger partial charge in [-0.15, -0.1) is 0 Å². The highest BCUT2D eigenvalue weighted by molar-refractivity contribution is 6.32. The predicted octanol–water partition coefficient (Wildman–Crippen LogP) is 8.97. The molecule has 5 aromatic rings. The van der Waals surface area contributed by atoms with Gasteiger partial charge in [0.1, 0.15) is 11.8 Å². The summed E-state index contributed by atoms with van der Waals surface area (Å²) in [6, 6.07) is 26.1. The number of allylic oxidation sites excluding steroid dienone is 2. The molecule has 10 rings (SSSR count). The van der Waals surface area contributed by atoms with Crippen molar-refractivity contribution < 1.29 is 14.3 Å². The number of benzene rings is 3. The van der Waals surface area contributed by atoms with Crippen molar-refractivity contribution >= 4 is 68.7 Å². The zero-order valence-corrected chi connectivity index (χ0v) is 31.9. The van der Waals surface area contributed by atoms with Crippen molar-refractivity contribution in [3.8, 4) is 0 Å². The van der Waals surface area contributed by atoms with Crippen LogP contribution in [0.25, 0.3) is 22.2 Å². The summed E-state index contributed by atoms with van der Waals surface area (Å²) in [6.45, 7) is 4.34. The first kappa shape index (κ1) is 34.4. The molecule has 3 atom stereocenters. The van der Waals surface area contributed by atoms with Gasteiger partial charge in [0, 0.05) is 70.1 Å². The van der Waals surface area contributed by atoms with Crippen LogP contribution in [-0.4, -0.2) is 58.5 Å². The summed E-state index contributed by atoms with van der Waals surface area (Å²) in [5, 5.41) is 8.69. The quantitative estimate of drug-likeness (QED) is 0.153. The molecule has 4 aliphatic heterocycles. The molecule has 0 radical (unpaired) electrons. The molecule has 3 unspecified atom stereocenters. The number of anilines is 2. The Kier molecular flexibility index (Phi) is 8.31. The average Bonchev–Trinajstić information content (AvgIpc) is 3.49. The maximum absolute atomic E-state index is 14.8. The van der Waals surface area contributed by atoms with Crippen molar-refractivity contribution in [2.45, 2.75) is 57.2 Å². The van der Waals surface area contributed by atoms with E-state index in [2.05, 4.69) is 74.9 Å². The van der Waals surface area contributed by atoms with E-state index < -0.39 is 0 Å². The summed E-state index contributed by atoms with van der Waals surface area (Å²) in [6.07, 6.45) is 7.88. The first-order valence-electron chi connectivity index (χ1n) is 19.1. The number of fused-ring (bicyclic) bond motifs is 3. The Morgan fingerprint density at radius 2 is 1.76 bits per heavy atom. The second kappa shape index (κ2) is 13.3. The molecular weight excluding hydrogens is 731 g/mol. The zero-order chi connectivity index (χ0) is 37.4. The average molecular weight is 772 g/mol. The number of piperidine rings is 1. The number of nitrogens with zero attached hydrogens (tertiary/aromatic N) is 3. The van der Waals surface area contributed by atoms with Gasteiger partial charge in [0.15, 0.2) is 5.82 Å². The highest BCUT2D eigenvalue weighted by Crippen LogP contribution is 2.67. The lowest BCUT2D eigenvalue weighted by Crippen LogP contribution is -2.47. The molecule has 9 nitrogen and oxygen atoms in total. The summed E-state index contributed by atoms with van der Waals surface area (Å²) >= 11 is 13.3. The van der Waals surface area contributed by atoms with Crippen LogP contribution in [0.15, 0.2) is 96.8 Å². The monoisotopic (exact) mass is 770 g/mol. The van der Waals surface area contributed by atoms with Gasteiger partial charge in [-0.25, -0.2) is 4.98 Å². The van der Waals surface area contributed by atoms with Crippen LogP contribution in [0, 0.1) is 5.41 Å². The van der Waals surface area contributed by atoms with E-state index in [4.69, 9.17) is 32.9 Å². The molecule has 1 saturated carbocycles. The van der Waals surface area contributed by atoms with Crippen LogP contribution in [0.4, 0.5) is 11.5 Å². The maximum Gasteiger partial charge on any atom is 0.272 e. The van der Waals surface area contributed by atoms with Gasteiger partial charge in [-0.2, -0.15) is 0 Å². The fraction of sp³-hybridized carbons (Fsp3) is 0.295. The first-order chi connectivity index (χ1) is 26.8. The number of halogens is 2. The summed E-state index contributed by atoms with van der Waals surface area (Å²) in [4.78, 5) is 40.4. The van der Waals surface area contributed by atoms with Crippen LogP contribution >= 0.6 is 23.2 Å². The molecule has 3 N–H and O–H groups in total. The third kappa shape index (κ3) is 5.83. The molecule has 278 valence electrons. The van der Waals surface area contributed by atoms with E-state index in [9.17, 15) is 9.59 Å². The highest BCUT2D eigenvalue weighted by atomic mass is 35.5. The lowest BCUT2D eigenvalue weighted by molar-refractivity contribution is -0.130. The van der Waals surface area contributed by atoms with Gasteiger partial charge in [-0.05, 0) is 96.3 Å². The van der Waals surface area contributed by atoms with E-state index >= 15 is 0 Å². The maximum atomic E-state index is 14.8. The molecule has 0 bridgehead atoms. The Hall–Kier alpha value is -5.09. The number of carbonyl (C=O) groups excluding carboxylic acids is 2. The lowest BCUT2D eigenvalue weighted by Gasteiger charge is -2.42. The van der Waals surface area contributed by atoms with Gasteiger partial charge >= 0.3 is 0 Å². The van der Waals surface area contributed by atoms with Crippen molar-refractivity contribution in [3.63, 3.8) is 0 Å². The van der Waals surface area contributed by atoms with Crippen LogP contribution < -0.4 is 15.5 Å². The number of carbonyl (C=O) groups is 2. The van der Waals surface area contributed by atoms with Crippen molar-refractivity contribution in [3.05, 3.63) is 135 Å². The fourth-order valence-electron chi connectivity index (χ4n) is 9.25. The molecule has 3 aromatic carbocycles. The third-order valence-corrected chi connectivity index (χ3v) is 12.5. The molecule has 11 heteroatoms. The van der Waals surface area contributed by atoms with Crippen molar-refractivity contribution in [1.29, 1.82) is 0 Å². The minimum atomic E-state index is -0.341. The summed E-state index contributed by atoms with van der Waals surface area (Å²) in [5.41, 5.74) is 9.39. The second-order valence-corrected chi connectivity index (χ2v) is 16.4. The van der Waals surface area contributed by atoms with Gasteiger partial charge in [-0.1, -0.05) is 72.6 Å². The minimum Gasteiger partial charge on any atom is -0.368 e. The molecule has 6 heterocycles. The fourth-order valence-corrected chi connectivity index (χ4v) is 9.60. The number of amides is 2. The molecule has 3 fully saturated rings.